The molecule has 0 bridgehead atoms. The highest BCUT2D eigenvalue weighted by atomic mass is 35.5. The first kappa shape index (κ1) is 15.6. The van der Waals surface area contributed by atoms with Gasteiger partial charge in [0.05, 0.1) is 15.5 Å². The Bertz CT molecular complexity index is 521. The molecule has 1 aromatic carbocycles. The fourth-order valence-electron chi connectivity index (χ4n) is 1.32. The maximum absolute atomic E-state index is 11.8. The number of nitrogens with zero attached hydrogens (tertiary/aromatic N) is 1. The zero-order chi connectivity index (χ0) is 14.4. The van der Waals surface area contributed by atoms with Crippen LogP contribution in [0.2, 0.25) is 5.02 Å². The molecule has 1 unspecified atom stereocenters. The van der Waals surface area contributed by atoms with Crippen LogP contribution in [-0.4, -0.2) is 33.1 Å². The van der Waals surface area contributed by atoms with E-state index in [9.17, 15) is 19.1 Å². The fourth-order valence-corrected chi connectivity index (χ4v) is 2.14. The zero-order valence-electron chi connectivity index (χ0n) is 10.2. The molecule has 1 N–H and O–H groups in total. The molecule has 0 saturated heterocycles. The predicted octanol–water partition coefficient (Wildman–Crippen LogP) is 1.75. The molecule has 19 heavy (non-hydrogen) atoms. The number of nitro benzene ring substituents is 1. The van der Waals surface area contributed by atoms with Crippen molar-refractivity contribution in [2.75, 3.05) is 18.1 Å². The molecule has 6 nitrogen and oxygen atoms in total. The van der Waals surface area contributed by atoms with E-state index < -0.39 is 21.6 Å². The number of halogens is 1. The van der Waals surface area contributed by atoms with Crippen LogP contribution in [0.1, 0.15) is 17.3 Å². The molecule has 1 rings (SSSR count). The van der Waals surface area contributed by atoms with Crippen molar-refractivity contribution in [3.05, 3.63) is 38.9 Å². The summed E-state index contributed by atoms with van der Waals surface area (Å²) in [4.78, 5) is 21.8. The van der Waals surface area contributed by atoms with Gasteiger partial charge in [-0.15, -0.1) is 0 Å². The Morgan fingerprint density at radius 2 is 2.21 bits per heavy atom. The van der Waals surface area contributed by atoms with Crippen molar-refractivity contribution in [3.63, 3.8) is 0 Å². The molecule has 1 atom stereocenters. The molecule has 0 radical (unpaired) electrons. The van der Waals surface area contributed by atoms with E-state index >= 15 is 0 Å². The number of non-ortho nitro benzene ring substituents is 1. The Kier molecular flexibility index (Phi) is 5.91. The first-order valence-electron chi connectivity index (χ1n) is 5.52. The topological polar surface area (TPSA) is 89.3 Å². The summed E-state index contributed by atoms with van der Waals surface area (Å²) in [5.74, 6) is 0.351. The first-order valence-corrected chi connectivity index (χ1v) is 7.39. The summed E-state index contributed by atoms with van der Waals surface area (Å²) >= 11 is 5.82. The second kappa shape index (κ2) is 7.20. The number of carbonyl (C=O) groups excluding carboxylic acids is 1. The molecule has 0 aromatic heterocycles. The van der Waals surface area contributed by atoms with Crippen LogP contribution in [0, 0.1) is 10.1 Å². The quantitative estimate of drug-likeness (QED) is 0.640. The lowest BCUT2D eigenvalue weighted by Gasteiger charge is -2.06. The van der Waals surface area contributed by atoms with Crippen LogP contribution in [0.15, 0.2) is 18.2 Å². The molecule has 1 aromatic rings. The maximum Gasteiger partial charge on any atom is 0.270 e. The highest BCUT2D eigenvalue weighted by molar-refractivity contribution is 7.84. The van der Waals surface area contributed by atoms with Gasteiger partial charge in [0.15, 0.2) is 0 Å². The van der Waals surface area contributed by atoms with Crippen molar-refractivity contribution < 1.29 is 13.9 Å². The zero-order valence-corrected chi connectivity index (χ0v) is 11.8. The van der Waals surface area contributed by atoms with Crippen LogP contribution < -0.4 is 5.32 Å². The van der Waals surface area contributed by atoms with Crippen LogP contribution in [0.3, 0.4) is 0 Å². The molecule has 0 spiro atoms. The third-order valence-corrected chi connectivity index (χ3v) is 3.98. The minimum absolute atomic E-state index is 0.0400. The molecular weight excluding hydrogens is 292 g/mol. The van der Waals surface area contributed by atoms with E-state index in [0.717, 1.165) is 6.07 Å². The van der Waals surface area contributed by atoms with Gasteiger partial charge in [0.1, 0.15) is 0 Å². The van der Waals surface area contributed by atoms with Gasteiger partial charge in [-0.05, 0) is 6.07 Å². The Morgan fingerprint density at radius 1 is 1.53 bits per heavy atom. The van der Waals surface area contributed by atoms with Crippen molar-refractivity contribution in [1.82, 2.24) is 5.32 Å². The van der Waals surface area contributed by atoms with Crippen molar-refractivity contribution in [2.45, 2.75) is 6.92 Å². The Labute approximate surface area is 117 Å². The van der Waals surface area contributed by atoms with Crippen LogP contribution in [0.25, 0.3) is 0 Å². The summed E-state index contributed by atoms with van der Waals surface area (Å²) < 4.78 is 11.2. The summed E-state index contributed by atoms with van der Waals surface area (Å²) in [6.45, 7) is 2.02. The van der Waals surface area contributed by atoms with Crippen LogP contribution >= 0.6 is 11.6 Å². The number of benzene rings is 1. The minimum atomic E-state index is -0.973. The number of rotatable bonds is 6. The average Bonchev–Trinajstić information content (AvgIpc) is 2.38. The van der Waals surface area contributed by atoms with Gasteiger partial charge in [-0.1, -0.05) is 18.5 Å². The highest BCUT2D eigenvalue weighted by Crippen LogP contribution is 2.21. The Hall–Kier alpha value is -1.47. The third-order valence-electron chi connectivity index (χ3n) is 2.34. The number of carbonyl (C=O) groups is 1. The molecule has 0 aliphatic heterocycles. The molecule has 104 valence electrons. The Morgan fingerprint density at radius 3 is 2.79 bits per heavy atom. The fraction of sp³-hybridized carbons (Fsp3) is 0.364. The SMILES string of the molecule is CCS(=O)CCNC(=O)c1cc([N+](=O)[O-])ccc1Cl. The van der Waals surface area contributed by atoms with E-state index in [0.29, 0.717) is 11.5 Å². The second-order valence-electron chi connectivity index (χ2n) is 3.61. The number of amides is 1. The van der Waals surface area contributed by atoms with E-state index in [2.05, 4.69) is 5.32 Å². The van der Waals surface area contributed by atoms with E-state index in [1.165, 1.54) is 12.1 Å². The summed E-state index contributed by atoms with van der Waals surface area (Å²) in [6.07, 6.45) is 0. The van der Waals surface area contributed by atoms with E-state index in [1.54, 1.807) is 6.92 Å². The number of hydrogen-bond donors (Lipinski definition) is 1. The van der Waals surface area contributed by atoms with Crippen LogP contribution in [0.4, 0.5) is 5.69 Å². The maximum atomic E-state index is 11.8. The van der Waals surface area contributed by atoms with Crippen LogP contribution in [-0.2, 0) is 10.8 Å². The van der Waals surface area contributed by atoms with Gasteiger partial charge in [0, 0.05) is 41.0 Å². The largest absolute Gasteiger partial charge is 0.351 e. The average molecular weight is 305 g/mol. The van der Waals surface area contributed by atoms with E-state index in [-0.39, 0.29) is 22.8 Å². The molecule has 0 aliphatic rings. The first-order chi connectivity index (χ1) is 8.95. The van der Waals surface area contributed by atoms with Gasteiger partial charge in [0.25, 0.3) is 11.6 Å². The smallest absolute Gasteiger partial charge is 0.270 e. The van der Waals surface area contributed by atoms with Crippen molar-refractivity contribution in [3.8, 4) is 0 Å². The monoisotopic (exact) mass is 304 g/mol. The lowest BCUT2D eigenvalue weighted by molar-refractivity contribution is -0.384. The van der Waals surface area contributed by atoms with Gasteiger partial charge in [-0.3, -0.25) is 19.1 Å². The molecule has 0 heterocycles. The van der Waals surface area contributed by atoms with Crippen molar-refractivity contribution in [1.29, 1.82) is 0 Å². The predicted molar refractivity (Wildman–Crippen MR) is 74.0 cm³/mol. The summed E-state index contributed by atoms with van der Waals surface area (Å²) in [5.41, 5.74) is -0.162. The van der Waals surface area contributed by atoms with Crippen LogP contribution in [0.5, 0.6) is 0 Å². The van der Waals surface area contributed by atoms with Gasteiger partial charge >= 0.3 is 0 Å². The molecule has 8 heteroatoms. The number of nitro groups is 1. The molecule has 0 saturated carbocycles. The van der Waals surface area contributed by atoms with Gasteiger partial charge in [-0.25, -0.2) is 0 Å². The van der Waals surface area contributed by atoms with E-state index in [4.69, 9.17) is 11.6 Å². The third kappa shape index (κ3) is 4.60. The second-order valence-corrected chi connectivity index (χ2v) is 5.88. The molecular formula is C11H13ClN2O4S. The van der Waals surface area contributed by atoms with Crippen molar-refractivity contribution in [2.24, 2.45) is 0 Å². The molecule has 0 aliphatic carbocycles. The minimum Gasteiger partial charge on any atom is -0.351 e. The normalized spacial score (nSPS) is 11.9. The molecule has 1 amide bonds. The van der Waals surface area contributed by atoms with E-state index in [1.807, 2.05) is 0 Å². The lowest BCUT2D eigenvalue weighted by Crippen LogP contribution is -2.28. The molecule has 0 fully saturated rings. The summed E-state index contributed by atoms with van der Waals surface area (Å²) in [7, 11) is -0.973. The van der Waals surface area contributed by atoms with Crippen molar-refractivity contribution >= 4 is 34.0 Å². The Balaban J connectivity index is 2.73. The summed E-state index contributed by atoms with van der Waals surface area (Å²) in [6, 6.07) is 3.65. The van der Waals surface area contributed by atoms with Gasteiger partial charge in [-0.2, -0.15) is 0 Å². The van der Waals surface area contributed by atoms with Gasteiger partial charge in [0.2, 0.25) is 0 Å². The number of nitrogens with one attached hydrogen (secondary N) is 1. The summed E-state index contributed by atoms with van der Waals surface area (Å²) in [5, 5.41) is 13.3. The highest BCUT2D eigenvalue weighted by Gasteiger charge is 2.15. The standard InChI is InChI=1S/C11H13ClN2O4S/c1-2-19(18)6-5-13-11(15)9-7-8(14(16)17)3-4-10(9)12/h3-4,7H,2,5-6H2,1H3,(H,13,15). The van der Waals surface area contributed by atoms with Gasteiger partial charge < -0.3 is 5.32 Å². The number of hydrogen-bond acceptors (Lipinski definition) is 4. The lowest BCUT2D eigenvalue weighted by atomic mass is 10.2.